The molecule has 0 aliphatic carbocycles. The number of carbonyl (C=O) groups excluding carboxylic acids is 2. The maximum atomic E-state index is 13.0. The first-order chi connectivity index (χ1) is 16.0. The molecular weight excluding hydrogens is 422 g/mol. The molecule has 4 rings (SSSR count). The predicted molar refractivity (Wildman–Crippen MR) is 120 cm³/mol. The van der Waals surface area contributed by atoms with Crippen LogP contribution >= 0.6 is 0 Å². The SMILES string of the molecule is CN[C@](C#Cc1cncc(-c2ccn[nH]2)c1)(CN1Cc2ccc(OC)cc2C1=O)C(=O)OC. The molecule has 0 saturated carbocycles. The van der Waals surface area contributed by atoms with E-state index in [-0.39, 0.29) is 12.5 Å². The quantitative estimate of drug-likeness (QED) is 0.438. The van der Waals surface area contributed by atoms with E-state index in [1.807, 2.05) is 18.2 Å². The summed E-state index contributed by atoms with van der Waals surface area (Å²) in [6, 6.07) is 9.03. The van der Waals surface area contributed by atoms with Crippen molar-refractivity contribution < 1.29 is 19.1 Å². The van der Waals surface area contributed by atoms with Crippen LogP contribution in [0.1, 0.15) is 21.5 Å². The molecule has 2 N–H and O–H groups in total. The van der Waals surface area contributed by atoms with E-state index in [4.69, 9.17) is 9.47 Å². The smallest absolute Gasteiger partial charge is 0.340 e. The normalized spacial score (nSPS) is 14.2. The van der Waals surface area contributed by atoms with Crippen molar-refractivity contribution in [3.63, 3.8) is 0 Å². The van der Waals surface area contributed by atoms with Crippen LogP contribution in [0.3, 0.4) is 0 Å². The lowest BCUT2D eigenvalue weighted by Crippen LogP contribution is -2.57. The molecule has 168 valence electrons. The molecule has 1 atom stereocenters. The van der Waals surface area contributed by atoms with Gasteiger partial charge in [0, 0.05) is 41.8 Å². The number of aromatic nitrogens is 3. The van der Waals surface area contributed by atoms with Crippen molar-refractivity contribution in [1.82, 2.24) is 25.4 Å². The van der Waals surface area contributed by atoms with E-state index in [0.717, 1.165) is 16.8 Å². The molecule has 0 radical (unpaired) electrons. The number of rotatable bonds is 6. The summed E-state index contributed by atoms with van der Waals surface area (Å²) in [7, 11) is 4.46. The Hall–Kier alpha value is -4.16. The molecule has 1 amide bonds. The van der Waals surface area contributed by atoms with E-state index in [0.29, 0.717) is 23.4 Å². The van der Waals surface area contributed by atoms with Gasteiger partial charge in [-0.15, -0.1) is 0 Å². The van der Waals surface area contributed by atoms with E-state index < -0.39 is 11.5 Å². The summed E-state index contributed by atoms with van der Waals surface area (Å²) in [6.45, 7) is 0.365. The minimum absolute atomic E-state index is 0.00662. The van der Waals surface area contributed by atoms with Crippen molar-refractivity contribution in [3.8, 4) is 28.8 Å². The Balaban J connectivity index is 1.64. The number of amides is 1. The fourth-order valence-corrected chi connectivity index (χ4v) is 3.71. The maximum absolute atomic E-state index is 13.0. The molecule has 1 aromatic carbocycles. The maximum Gasteiger partial charge on any atom is 0.340 e. The molecule has 0 unspecified atom stereocenters. The molecular formula is C24H23N5O4. The fourth-order valence-electron chi connectivity index (χ4n) is 3.71. The van der Waals surface area contributed by atoms with Crippen LogP contribution in [0.4, 0.5) is 0 Å². The Morgan fingerprint density at radius 2 is 2.12 bits per heavy atom. The highest BCUT2D eigenvalue weighted by Gasteiger charge is 2.42. The molecule has 1 aliphatic rings. The molecule has 0 saturated heterocycles. The molecule has 33 heavy (non-hydrogen) atoms. The first kappa shape index (κ1) is 22.0. The fraction of sp³-hybridized carbons (Fsp3) is 0.250. The Kier molecular flexibility index (Phi) is 6.11. The van der Waals surface area contributed by atoms with E-state index in [1.54, 1.807) is 49.8 Å². The van der Waals surface area contributed by atoms with Gasteiger partial charge >= 0.3 is 5.97 Å². The van der Waals surface area contributed by atoms with E-state index >= 15 is 0 Å². The largest absolute Gasteiger partial charge is 0.497 e. The van der Waals surface area contributed by atoms with Crippen LogP contribution in [0.15, 0.2) is 48.9 Å². The highest BCUT2D eigenvalue weighted by Crippen LogP contribution is 2.28. The predicted octanol–water partition coefficient (Wildman–Crippen LogP) is 1.62. The van der Waals surface area contributed by atoms with Crippen LogP contribution in [0, 0.1) is 11.8 Å². The molecule has 9 heteroatoms. The summed E-state index contributed by atoms with van der Waals surface area (Å²) in [4.78, 5) is 31.7. The number of ether oxygens (including phenoxy) is 2. The van der Waals surface area contributed by atoms with Crippen LogP contribution in [0.5, 0.6) is 5.75 Å². The summed E-state index contributed by atoms with van der Waals surface area (Å²) < 4.78 is 10.3. The van der Waals surface area contributed by atoms with Crippen molar-refractivity contribution in [3.05, 3.63) is 65.6 Å². The second-order valence-corrected chi connectivity index (χ2v) is 7.51. The van der Waals surface area contributed by atoms with Crippen molar-refractivity contribution in [2.75, 3.05) is 27.8 Å². The molecule has 3 aromatic rings. The van der Waals surface area contributed by atoms with Gasteiger partial charge in [-0.25, -0.2) is 4.79 Å². The number of H-pyrrole nitrogens is 1. The van der Waals surface area contributed by atoms with Gasteiger partial charge in [0.15, 0.2) is 5.54 Å². The number of pyridine rings is 1. The van der Waals surface area contributed by atoms with Crippen LogP contribution < -0.4 is 10.1 Å². The second-order valence-electron chi connectivity index (χ2n) is 7.51. The first-order valence-electron chi connectivity index (χ1n) is 10.2. The van der Waals surface area contributed by atoms with E-state index in [1.165, 1.54) is 7.11 Å². The number of aromatic amines is 1. The summed E-state index contributed by atoms with van der Waals surface area (Å²) in [5.74, 6) is 5.83. The summed E-state index contributed by atoms with van der Waals surface area (Å²) in [6.07, 6.45) is 4.95. The van der Waals surface area contributed by atoms with Crippen molar-refractivity contribution in [1.29, 1.82) is 0 Å². The van der Waals surface area contributed by atoms with Gasteiger partial charge in [0.2, 0.25) is 0 Å². The summed E-state index contributed by atoms with van der Waals surface area (Å²) in [5, 5.41) is 9.80. The number of hydrogen-bond acceptors (Lipinski definition) is 7. The Labute approximate surface area is 191 Å². The van der Waals surface area contributed by atoms with Gasteiger partial charge in [0.1, 0.15) is 5.75 Å². The standard InChI is InChI=1S/C24H23N5O4/c1-25-24(23(31)33-3,8-6-16-10-18(13-26-12-16)21-7-9-27-28-21)15-29-14-17-4-5-19(32-2)11-20(17)22(29)30/h4-5,7,9-13,25H,14-15H2,1-3H3,(H,27,28)/t24-/m1/s1. The van der Waals surface area contributed by atoms with Gasteiger partial charge in [-0.05, 0) is 36.9 Å². The second kappa shape index (κ2) is 9.14. The molecule has 1 aliphatic heterocycles. The van der Waals surface area contributed by atoms with Gasteiger partial charge in [-0.2, -0.15) is 5.10 Å². The third-order valence-electron chi connectivity index (χ3n) is 5.55. The van der Waals surface area contributed by atoms with E-state index in [2.05, 4.69) is 32.3 Å². The minimum atomic E-state index is -1.43. The van der Waals surface area contributed by atoms with Gasteiger partial charge in [-0.3, -0.25) is 20.2 Å². The molecule has 0 fully saturated rings. The summed E-state index contributed by atoms with van der Waals surface area (Å²) in [5.41, 5.74) is 2.20. The van der Waals surface area contributed by atoms with E-state index in [9.17, 15) is 9.59 Å². The Morgan fingerprint density at radius 1 is 1.27 bits per heavy atom. The molecule has 0 spiro atoms. The number of nitrogens with zero attached hydrogens (tertiary/aromatic N) is 3. The lowest BCUT2D eigenvalue weighted by Gasteiger charge is -2.30. The zero-order valence-electron chi connectivity index (χ0n) is 18.5. The summed E-state index contributed by atoms with van der Waals surface area (Å²) >= 11 is 0. The number of methoxy groups -OCH3 is 2. The molecule has 0 bridgehead atoms. The number of benzene rings is 1. The van der Waals surface area contributed by atoms with Crippen LogP contribution in [0.25, 0.3) is 11.3 Å². The van der Waals surface area contributed by atoms with Crippen molar-refractivity contribution in [2.24, 2.45) is 0 Å². The van der Waals surface area contributed by atoms with Gasteiger partial charge in [0.25, 0.3) is 5.91 Å². The topological polar surface area (TPSA) is 109 Å². The molecule has 2 aromatic heterocycles. The average Bonchev–Trinajstić information content (AvgIpc) is 3.50. The highest BCUT2D eigenvalue weighted by molar-refractivity contribution is 5.99. The lowest BCUT2D eigenvalue weighted by molar-refractivity contribution is -0.146. The zero-order valence-corrected chi connectivity index (χ0v) is 18.5. The minimum Gasteiger partial charge on any atom is -0.497 e. The van der Waals surface area contributed by atoms with Crippen LogP contribution in [-0.4, -0.2) is 65.3 Å². The first-order valence-corrected chi connectivity index (χ1v) is 10.2. The zero-order chi connectivity index (χ0) is 23.4. The molecule has 3 heterocycles. The van der Waals surface area contributed by atoms with Crippen molar-refractivity contribution in [2.45, 2.75) is 12.1 Å². The number of nitrogens with one attached hydrogen (secondary N) is 2. The number of carbonyl (C=O) groups is 2. The lowest BCUT2D eigenvalue weighted by atomic mass is 9.99. The van der Waals surface area contributed by atoms with Crippen LogP contribution in [-0.2, 0) is 16.1 Å². The Bertz CT molecular complexity index is 1250. The third kappa shape index (κ3) is 4.29. The average molecular weight is 445 g/mol. The number of esters is 1. The number of fused-ring (bicyclic) bond motifs is 1. The monoisotopic (exact) mass is 445 g/mol. The van der Waals surface area contributed by atoms with Gasteiger partial charge in [0.05, 0.1) is 26.5 Å². The van der Waals surface area contributed by atoms with Gasteiger partial charge < -0.3 is 14.4 Å². The number of likely N-dealkylation sites (N-methyl/N-ethyl adjacent to an activating group) is 1. The van der Waals surface area contributed by atoms with Gasteiger partial charge in [-0.1, -0.05) is 17.9 Å². The van der Waals surface area contributed by atoms with Crippen LogP contribution in [0.2, 0.25) is 0 Å². The number of hydrogen-bond donors (Lipinski definition) is 2. The third-order valence-corrected chi connectivity index (χ3v) is 5.55. The molecule has 9 nitrogen and oxygen atoms in total. The highest BCUT2D eigenvalue weighted by atomic mass is 16.5. The van der Waals surface area contributed by atoms with Crippen molar-refractivity contribution >= 4 is 11.9 Å². The Morgan fingerprint density at radius 3 is 2.82 bits per heavy atom.